The monoisotopic (exact) mass is 295 g/mol. The molecule has 0 spiro atoms. The van der Waals surface area contributed by atoms with Gasteiger partial charge in [-0.15, -0.1) is 0 Å². The molecule has 0 aliphatic heterocycles. The van der Waals surface area contributed by atoms with E-state index >= 15 is 0 Å². The minimum absolute atomic E-state index is 0.0659. The van der Waals surface area contributed by atoms with Crippen LogP contribution in [0.4, 0.5) is 0 Å². The molecule has 5 nitrogen and oxygen atoms in total. The highest BCUT2D eigenvalue weighted by atomic mass is 32.2. The molecule has 0 radical (unpaired) electrons. The smallest absolute Gasteiger partial charge is 0.241 e. The minimum Gasteiger partial charge on any atom is -0.387 e. The molecule has 0 aromatic heterocycles. The summed E-state index contributed by atoms with van der Waals surface area (Å²) in [7, 11) is -3.57. The summed E-state index contributed by atoms with van der Waals surface area (Å²) in [4.78, 5) is 0.312. The highest BCUT2D eigenvalue weighted by Gasteiger charge is 2.33. The van der Waals surface area contributed by atoms with Crippen LogP contribution in [0.5, 0.6) is 0 Å². The van der Waals surface area contributed by atoms with Crippen molar-refractivity contribution in [3.63, 3.8) is 0 Å². The third-order valence-electron chi connectivity index (χ3n) is 3.86. The number of aryl methyl sites for hydroxylation is 2. The second-order valence-corrected chi connectivity index (χ2v) is 7.17. The van der Waals surface area contributed by atoms with Gasteiger partial charge in [-0.1, -0.05) is 18.6 Å². The zero-order chi connectivity index (χ0) is 14.9. The van der Waals surface area contributed by atoms with Crippen LogP contribution in [-0.2, 0) is 10.0 Å². The number of rotatable bonds is 4. The van der Waals surface area contributed by atoms with Gasteiger partial charge in [-0.25, -0.2) is 13.1 Å². The molecule has 0 amide bonds. The van der Waals surface area contributed by atoms with Crippen molar-refractivity contribution in [3.8, 4) is 0 Å². The highest BCUT2D eigenvalue weighted by molar-refractivity contribution is 7.89. The molecule has 2 rings (SSSR count). The van der Waals surface area contributed by atoms with E-state index in [2.05, 4.69) is 4.72 Å². The van der Waals surface area contributed by atoms with Gasteiger partial charge < -0.3 is 5.73 Å². The van der Waals surface area contributed by atoms with Crippen LogP contribution in [0.15, 0.2) is 23.1 Å². The summed E-state index contributed by atoms with van der Waals surface area (Å²) in [5.74, 6) is -0.119. The Morgan fingerprint density at radius 1 is 1.35 bits per heavy atom. The Kier molecular flexibility index (Phi) is 4.15. The lowest BCUT2D eigenvalue weighted by molar-refractivity contribution is 0.521. The molecule has 0 bridgehead atoms. The van der Waals surface area contributed by atoms with Crippen molar-refractivity contribution in [2.45, 2.75) is 44.0 Å². The maximum atomic E-state index is 12.5. The summed E-state index contributed by atoms with van der Waals surface area (Å²) >= 11 is 0. The molecule has 1 aromatic carbocycles. The van der Waals surface area contributed by atoms with Gasteiger partial charge in [-0.3, -0.25) is 5.41 Å². The van der Waals surface area contributed by atoms with Crippen LogP contribution in [-0.4, -0.2) is 20.3 Å². The van der Waals surface area contributed by atoms with Gasteiger partial charge in [0.15, 0.2) is 0 Å². The quantitative estimate of drug-likeness (QED) is 0.582. The molecule has 1 aliphatic rings. The highest BCUT2D eigenvalue weighted by Crippen LogP contribution is 2.27. The summed E-state index contributed by atoms with van der Waals surface area (Å²) in [5, 5.41) is 7.55. The molecule has 1 saturated carbocycles. The van der Waals surface area contributed by atoms with Crippen molar-refractivity contribution < 1.29 is 8.42 Å². The molecular formula is C14H21N3O2S. The van der Waals surface area contributed by atoms with E-state index in [4.69, 9.17) is 11.1 Å². The Balaban J connectivity index is 2.27. The van der Waals surface area contributed by atoms with Crippen LogP contribution in [0, 0.1) is 25.2 Å². The summed E-state index contributed by atoms with van der Waals surface area (Å²) < 4.78 is 27.7. The van der Waals surface area contributed by atoms with E-state index in [1.165, 1.54) is 0 Å². The fraction of sp³-hybridized carbons (Fsp3) is 0.500. The van der Waals surface area contributed by atoms with Gasteiger partial charge in [0.05, 0.1) is 10.7 Å². The van der Waals surface area contributed by atoms with Gasteiger partial charge in [0.2, 0.25) is 10.0 Å². The van der Waals surface area contributed by atoms with Gasteiger partial charge in [0.1, 0.15) is 0 Å². The van der Waals surface area contributed by atoms with Crippen molar-refractivity contribution in [2.24, 2.45) is 11.7 Å². The maximum Gasteiger partial charge on any atom is 0.241 e. The Labute approximate surface area is 120 Å². The molecule has 6 heteroatoms. The predicted octanol–water partition coefficient (Wildman–Crippen LogP) is 1.69. The number of sulfonamides is 1. The van der Waals surface area contributed by atoms with Crippen LogP contribution in [0.1, 0.15) is 30.4 Å². The minimum atomic E-state index is -3.57. The fourth-order valence-corrected chi connectivity index (χ4v) is 4.37. The predicted molar refractivity (Wildman–Crippen MR) is 79.3 cm³/mol. The molecule has 0 saturated heterocycles. The molecule has 0 heterocycles. The number of benzene rings is 1. The molecule has 110 valence electrons. The molecule has 2 unspecified atom stereocenters. The van der Waals surface area contributed by atoms with Crippen molar-refractivity contribution in [1.82, 2.24) is 4.72 Å². The van der Waals surface area contributed by atoms with E-state index in [1.54, 1.807) is 19.1 Å². The SMILES string of the molecule is Cc1ccc(C)c(S(=O)(=O)NC2CCCC2C(=N)N)c1. The number of amidine groups is 1. The molecule has 2 atom stereocenters. The van der Waals surface area contributed by atoms with Crippen LogP contribution < -0.4 is 10.5 Å². The van der Waals surface area contributed by atoms with Crippen LogP contribution in [0.2, 0.25) is 0 Å². The maximum absolute atomic E-state index is 12.5. The lowest BCUT2D eigenvalue weighted by Gasteiger charge is -2.20. The molecule has 20 heavy (non-hydrogen) atoms. The number of nitrogens with two attached hydrogens (primary N) is 1. The van der Waals surface area contributed by atoms with Gasteiger partial charge in [-0.2, -0.15) is 0 Å². The third kappa shape index (κ3) is 3.02. The van der Waals surface area contributed by atoms with Crippen molar-refractivity contribution in [1.29, 1.82) is 5.41 Å². The summed E-state index contributed by atoms with van der Waals surface area (Å²) in [6.45, 7) is 3.65. The number of nitrogens with one attached hydrogen (secondary N) is 2. The van der Waals surface area contributed by atoms with E-state index in [0.29, 0.717) is 4.90 Å². The Morgan fingerprint density at radius 2 is 2.05 bits per heavy atom. The van der Waals surface area contributed by atoms with E-state index in [-0.39, 0.29) is 17.8 Å². The van der Waals surface area contributed by atoms with Crippen LogP contribution >= 0.6 is 0 Å². The largest absolute Gasteiger partial charge is 0.387 e. The zero-order valence-electron chi connectivity index (χ0n) is 11.8. The van der Waals surface area contributed by atoms with Crippen LogP contribution in [0.25, 0.3) is 0 Å². The first kappa shape index (κ1) is 15.0. The normalized spacial score (nSPS) is 22.9. The number of hydrogen-bond acceptors (Lipinski definition) is 3. The fourth-order valence-electron chi connectivity index (χ4n) is 2.73. The lowest BCUT2D eigenvalue weighted by Crippen LogP contribution is -2.42. The third-order valence-corrected chi connectivity index (χ3v) is 5.49. The average Bonchev–Trinajstić information content (AvgIpc) is 2.79. The van der Waals surface area contributed by atoms with Crippen LogP contribution in [0.3, 0.4) is 0 Å². The van der Waals surface area contributed by atoms with E-state index < -0.39 is 10.0 Å². The first-order valence-corrected chi connectivity index (χ1v) is 8.23. The first-order valence-electron chi connectivity index (χ1n) is 6.75. The summed E-state index contributed by atoms with van der Waals surface area (Å²) in [6, 6.07) is 5.11. The Bertz CT molecular complexity index is 625. The van der Waals surface area contributed by atoms with E-state index in [1.807, 2.05) is 13.0 Å². The molecule has 1 fully saturated rings. The van der Waals surface area contributed by atoms with Crippen molar-refractivity contribution in [2.75, 3.05) is 0 Å². The molecular weight excluding hydrogens is 274 g/mol. The van der Waals surface area contributed by atoms with Gasteiger partial charge in [-0.05, 0) is 43.9 Å². The Hall–Kier alpha value is -1.40. The van der Waals surface area contributed by atoms with Gasteiger partial charge in [0, 0.05) is 12.0 Å². The van der Waals surface area contributed by atoms with Crippen molar-refractivity contribution in [3.05, 3.63) is 29.3 Å². The zero-order valence-corrected chi connectivity index (χ0v) is 12.6. The topological polar surface area (TPSA) is 96.0 Å². The lowest BCUT2D eigenvalue weighted by atomic mass is 10.0. The van der Waals surface area contributed by atoms with Gasteiger partial charge >= 0.3 is 0 Å². The molecule has 1 aliphatic carbocycles. The molecule has 1 aromatic rings. The summed E-state index contributed by atoms with van der Waals surface area (Å²) in [6.07, 6.45) is 2.40. The standard InChI is InChI=1S/C14H21N3O2S/c1-9-6-7-10(2)13(8-9)20(18,19)17-12-5-3-4-11(12)14(15)16/h6-8,11-12,17H,3-5H2,1-2H3,(H3,15,16). The van der Waals surface area contributed by atoms with E-state index in [9.17, 15) is 8.42 Å². The Morgan fingerprint density at radius 3 is 2.70 bits per heavy atom. The van der Waals surface area contributed by atoms with Gasteiger partial charge in [0.25, 0.3) is 0 Å². The average molecular weight is 295 g/mol. The second-order valence-electron chi connectivity index (χ2n) is 5.49. The van der Waals surface area contributed by atoms with Crippen molar-refractivity contribution >= 4 is 15.9 Å². The first-order chi connectivity index (χ1) is 9.31. The summed E-state index contributed by atoms with van der Waals surface area (Å²) in [5.41, 5.74) is 7.18. The van der Waals surface area contributed by atoms with E-state index in [0.717, 1.165) is 30.4 Å². The number of hydrogen-bond donors (Lipinski definition) is 3. The second kappa shape index (κ2) is 5.54. The molecule has 4 N–H and O–H groups in total.